The summed E-state index contributed by atoms with van der Waals surface area (Å²) in [4.78, 5) is 52.6. The molecule has 2 N–H and O–H groups in total. The molecule has 1 aromatic carbocycles. The van der Waals surface area contributed by atoms with Crippen LogP contribution in [0, 0.1) is 0 Å². The van der Waals surface area contributed by atoms with Gasteiger partial charge < -0.3 is 5.32 Å². The number of hydrogen-bond acceptors (Lipinski definition) is 6. The molecule has 27 heavy (non-hydrogen) atoms. The van der Waals surface area contributed by atoms with Crippen molar-refractivity contribution in [2.24, 2.45) is 0 Å². The van der Waals surface area contributed by atoms with E-state index in [-0.39, 0.29) is 24.3 Å². The number of benzene rings is 1. The molecule has 9 heteroatoms. The van der Waals surface area contributed by atoms with E-state index in [1.165, 1.54) is 0 Å². The van der Waals surface area contributed by atoms with Crippen molar-refractivity contribution in [2.75, 3.05) is 26.2 Å². The highest BCUT2D eigenvalue weighted by Gasteiger charge is 2.45. The Hall–Kier alpha value is -2.10. The Balaban J connectivity index is 1.61. The molecule has 0 spiro atoms. The highest BCUT2D eigenvalue weighted by molar-refractivity contribution is 9.10. The maximum Gasteiger partial charge on any atom is 0.263 e. The normalized spacial score (nSPS) is 23.6. The topological polar surface area (TPSA) is 98.8 Å². The number of piperazine rings is 1. The Morgan fingerprint density at radius 3 is 2.52 bits per heavy atom. The van der Waals surface area contributed by atoms with Crippen LogP contribution in [0.4, 0.5) is 0 Å². The summed E-state index contributed by atoms with van der Waals surface area (Å²) >= 11 is 3.42. The molecule has 8 nitrogen and oxygen atoms in total. The van der Waals surface area contributed by atoms with Crippen molar-refractivity contribution in [3.05, 3.63) is 33.3 Å². The number of carbonyl (C=O) groups excluding carboxylic acids is 4. The van der Waals surface area contributed by atoms with Gasteiger partial charge in [0.2, 0.25) is 11.8 Å². The molecular formula is C18H19BrN4O4. The van der Waals surface area contributed by atoms with Crippen molar-refractivity contribution < 1.29 is 19.2 Å². The van der Waals surface area contributed by atoms with Gasteiger partial charge in [-0.05, 0) is 40.0 Å². The first-order valence-electron chi connectivity index (χ1n) is 8.93. The maximum atomic E-state index is 12.9. The number of amides is 4. The van der Waals surface area contributed by atoms with Gasteiger partial charge in [-0.25, -0.2) is 0 Å². The van der Waals surface area contributed by atoms with Gasteiger partial charge in [0.25, 0.3) is 11.8 Å². The number of piperidine rings is 1. The molecule has 142 valence electrons. The van der Waals surface area contributed by atoms with E-state index in [4.69, 9.17) is 0 Å². The standard InChI is InChI=1S/C18H19BrN4O4/c19-12-8-10(9-22-5-3-20-4-6-22)7-11-15(12)18(27)23(17(11)26)13-1-2-14(24)21-16(13)25/h7-8,13,20H,1-6,9H2,(H,21,24,25). The molecule has 1 atom stereocenters. The first kappa shape index (κ1) is 18.3. The second kappa shape index (κ2) is 7.14. The number of nitrogens with one attached hydrogen (secondary N) is 2. The fourth-order valence-corrected chi connectivity index (χ4v) is 4.50. The predicted octanol–water partition coefficient (Wildman–Crippen LogP) is 0.256. The third-order valence-electron chi connectivity index (χ3n) is 5.17. The van der Waals surface area contributed by atoms with Crippen molar-refractivity contribution >= 4 is 39.6 Å². The van der Waals surface area contributed by atoms with E-state index in [1.807, 2.05) is 6.07 Å². The van der Waals surface area contributed by atoms with E-state index in [1.54, 1.807) is 6.07 Å². The van der Waals surface area contributed by atoms with Crippen LogP contribution in [0.1, 0.15) is 39.1 Å². The van der Waals surface area contributed by atoms with Crippen molar-refractivity contribution in [1.29, 1.82) is 0 Å². The molecule has 3 heterocycles. The first-order chi connectivity index (χ1) is 13.0. The van der Waals surface area contributed by atoms with Crippen LogP contribution in [-0.2, 0) is 16.1 Å². The summed E-state index contributed by atoms with van der Waals surface area (Å²) in [6, 6.07) is 2.66. The largest absolute Gasteiger partial charge is 0.314 e. The van der Waals surface area contributed by atoms with E-state index < -0.39 is 23.8 Å². The number of carbonyl (C=O) groups is 4. The zero-order valence-electron chi connectivity index (χ0n) is 14.6. The molecule has 0 radical (unpaired) electrons. The summed E-state index contributed by atoms with van der Waals surface area (Å²) < 4.78 is 0.554. The lowest BCUT2D eigenvalue weighted by Gasteiger charge is -2.27. The lowest BCUT2D eigenvalue weighted by molar-refractivity contribution is -0.136. The van der Waals surface area contributed by atoms with Crippen molar-refractivity contribution in [1.82, 2.24) is 20.4 Å². The molecule has 3 aliphatic heterocycles. The fraction of sp³-hybridized carbons (Fsp3) is 0.444. The van der Waals surface area contributed by atoms with Crippen LogP contribution in [0.25, 0.3) is 0 Å². The second-order valence-corrected chi connectivity index (χ2v) is 7.83. The third-order valence-corrected chi connectivity index (χ3v) is 5.79. The third kappa shape index (κ3) is 3.30. The Morgan fingerprint density at radius 1 is 1.07 bits per heavy atom. The highest BCUT2D eigenvalue weighted by atomic mass is 79.9. The molecule has 4 amide bonds. The van der Waals surface area contributed by atoms with Crippen LogP contribution in [-0.4, -0.2) is 65.6 Å². The van der Waals surface area contributed by atoms with Crippen molar-refractivity contribution in [3.63, 3.8) is 0 Å². The van der Waals surface area contributed by atoms with E-state index in [0.717, 1.165) is 36.6 Å². The summed E-state index contributed by atoms with van der Waals surface area (Å²) in [6.45, 7) is 4.38. The van der Waals surface area contributed by atoms with E-state index in [0.29, 0.717) is 16.6 Å². The van der Waals surface area contributed by atoms with E-state index in [9.17, 15) is 19.2 Å². The van der Waals surface area contributed by atoms with Gasteiger partial charge in [0.05, 0.1) is 11.1 Å². The van der Waals surface area contributed by atoms with Crippen LogP contribution >= 0.6 is 15.9 Å². The predicted molar refractivity (Wildman–Crippen MR) is 99.0 cm³/mol. The van der Waals surface area contributed by atoms with Crippen LogP contribution in [0.3, 0.4) is 0 Å². The monoisotopic (exact) mass is 434 g/mol. The summed E-state index contributed by atoms with van der Waals surface area (Å²) in [5.74, 6) is -1.96. The average molecular weight is 435 g/mol. The number of fused-ring (bicyclic) bond motifs is 1. The number of nitrogens with zero attached hydrogens (tertiary/aromatic N) is 2. The van der Waals surface area contributed by atoms with Crippen molar-refractivity contribution in [3.8, 4) is 0 Å². The van der Waals surface area contributed by atoms with Crippen LogP contribution in [0.5, 0.6) is 0 Å². The second-order valence-electron chi connectivity index (χ2n) is 6.97. The molecule has 2 saturated heterocycles. The first-order valence-corrected chi connectivity index (χ1v) is 9.72. The molecule has 0 saturated carbocycles. The Bertz CT molecular complexity index is 850. The van der Waals surface area contributed by atoms with Gasteiger partial charge in [-0.1, -0.05) is 0 Å². The van der Waals surface area contributed by atoms with E-state index >= 15 is 0 Å². The number of halogens is 1. The van der Waals surface area contributed by atoms with Gasteiger partial charge in [0, 0.05) is 43.6 Å². The molecule has 3 aliphatic rings. The lowest BCUT2D eigenvalue weighted by Crippen LogP contribution is -2.54. The van der Waals surface area contributed by atoms with Gasteiger partial charge in [0.1, 0.15) is 6.04 Å². The molecule has 0 aliphatic carbocycles. The zero-order valence-corrected chi connectivity index (χ0v) is 16.2. The summed E-state index contributed by atoms with van der Waals surface area (Å²) in [5.41, 5.74) is 1.53. The molecule has 1 unspecified atom stereocenters. The minimum atomic E-state index is -0.946. The van der Waals surface area contributed by atoms with Gasteiger partial charge in [-0.3, -0.25) is 34.3 Å². The highest BCUT2D eigenvalue weighted by Crippen LogP contribution is 2.33. The molecule has 2 fully saturated rings. The fourth-order valence-electron chi connectivity index (χ4n) is 3.82. The SMILES string of the molecule is O=C1CCC(N2C(=O)c3cc(CN4CCNCC4)cc(Br)c3C2=O)C(=O)N1. The van der Waals surface area contributed by atoms with Crippen LogP contribution in [0.15, 0.2) is 16.6 Å². The van der Waals surface area contributed by atoms with Gasteiger partial charge >= 0.3 is 0 Å². The number of imide groups is 2. The minimum absolute atomic E-state index is 0.110. The lowest BCUT2D eigenvalue weighted by atomic mass is 10.0. The Morgan fingerprint density at radius 2 is 1.81 bits per heavy atom. The van der Waals surface area contributed by atoms with Gasteiger partial charge in [-0.2, -0.15) is 0 Å². The van der Waals surface area contributed by atoms with E-state index in [2.05, 4.69) is 31.5 Å². The quantitative estimate of drug-likeness (QED) is 0.661. The van der Waals surface area contributed by atoms with Gasteiger partial charge in [0.15, 0.2) is 0 Å². The summed E-state index contributed by atoms with van der Waals surface area (Å²) in [5, 5.41) is 5.50. The number of hydrogen-bond donors (Lipinski definition) is 2. The Labute approximate surface area is 164 Å². The Kier molecular flexibility index (Phi) is 4.83. The molecule has 0 bridgehead atoms. The number of rotatable bonds is 3. The minimum Gasteiger partial charge on any atom is -0.314 e. The van der Waals surface area contributed by atoms with Crippen LogP contribution < -0.4 is 10.6 Å². The molecule has 4 rings (SSSR count). The summed E-state index contributed by atoms with van der Waals surface area (Å²) in [7, 11) is 0. The van der Waals surface area contributed by atoms with Gasteiger partial charge in [-0.15, -0.1) is 0 Å². The molecular weight excluding hydrogens is 416 g/mol. The molecule has 1 aromatic rings. The van der Waals surface area contributed by atoms with Crippen LogP contribution in [0.2, 0.25) is 0 Å². The van der Waals surface area contributed by atoms with Crippen molar-refractivity contribution in [2.45, 2.75) is 25.4 Å². The average Bonchev–Trinajstić information content (AvgIpc) is 2.87. The maximum absolute atomic E-state index is 12.9. The zero-order chi connectivity index (χ0) is 19.1. The summed E-state index contributed by atoms with van der Waals surface area (Å²) in [6.07, 6.45) is 0.265. The molecule has 0 aromatic heterocycles. The smallest absolute Gasteiger partial charge is 0.263 e.